The Balaban J connectivity index is 1.39. The van der Waals surface area contributed by atoms with Gasteiger partial charge in [0, 0.05) is 11.3 Å². The summed E-state index contributed by atoms with van der Waals surface area (Å²) in [5.41, 5.74) is 9.19. The topological polar surface area (TPSA) is 64.8 Å². The van der Waals surface area contributed by atoms with Crippen LogP contribution in [0.3, 0.4) is 0 Å². The van der Waals surface area contributed by atoms with Crippen molar-refractivity contribution < 1.29 is 14.3 Å². The van der Waals surface area contributed by atoms with Crippen LogP contribution in [0.1, 0.15) is 15.9 Å². The van der Waals surface area contributed by atoms with E-state index in [0.29, 0.717) is 17.1 Å². The Morgan fingerprint density at radius 3 is 1.84 bits per heavy atom. The van der Waals surface area contributed by atoms with Gasteiger partial charge in [0.1, 0.15) is 0 Å². The van der Waals surface area contributed by atoms with Crippen molar-refractivity contribution in [1.82, 2.24) is 9.99 Å². The summed E-state index contributed by atoms with van der Waals surface area (Å²) >= 11 is 0. The lowest BCUT2D eigenvalue weighted by atomic mass is 10.1. The van der Waals surface area contributed by atoms with Gasteiger partial charge in [-0.25, -0.2) is 5.43 Å². The van der Waals surface area contributed by atoms with E-state index in [0.717, 1.165) is 33.8 Å². The van der Waals surface area contributed by atoms with Crippen molar-refractivity contribution in [3.8, 4) is 39.7 Å². The number of hydrogen-bond donors (Lipinski definition) is 1. The number of amides is 1. The smallest absolute Gasteiger partial charge is 0.271 e. The molecule has 188 valence electrons. The number of nitrogens with zero attached hydrogens (tertiary/aromatic N) is 2. The van der Waals surface area contributed by atoms with Gasteiger partial charge in [-0.2, -0.15) is 5.10 Å². The number of benzene rings is 4. The SMILES string of the molecule is COc1ccc(/C=N\NC(=O)c2ccc(-n3c(-c4ccccc4)ccc3-c3ccccc3)cc2)cc1OC. The number of hydrogen-bond acceptors (Lipinski definition) is 4. The molecule has 5 aromatic rings. The Bertz CT molecular complexity index is 1500. The fourth-order valence-corrected chi connectivity index (χ4v) is 4.31. The third kappa shape index (κ3) is 5.20. The summed E-state index contributed by atoms with van der Waals surface area (Å²) in [5.74, 6) is 0.919. The second-order valence-electron chi connectivity index (χ2n) is 8.53. The third-order valence-electron chi connectivity index (χ3n) is 6.19. The highest BCUT2D eigenvalue weighted by Gasteiger charge is 2.14. The minimum Gasteiger partial charge on any atom is -0.493 e. The first-order valence-electron chi connectivity index (χ1n) is 12.2. The third-order valence-corrected chi connectivity index (χ3v) is 6.19. The molecule has 4 aromatic carbocycles. The van der Waals surface area contributed by atoms with E-state index < -0.39 is 0 Å². The number of rotatable bonds is 8. The van der Waals surface area contributed by atoms with Crippen molar-refractivity contribution in [3.05, 3.63) is 126 Å². The molecule has 0 saturated heterocycles. The normalized spacial score (nSPS) is 10.9. The maximum atomic E-state index is 12.8. The van der Waals surface area contributed by atoms with Crippen LogP contribution in [-0.2, 0) is 0 Å². The van der Waals surface area contributed by atoms with Gasteiger partial charge in [-0.1, -0.05) is 60.7 Å². The molecule has 0 saturated carbocycles. The molecule has 6 heteroatoms. The Morgan fingerprint density at radius 2 is 1.29 bits per heavy atom. The standard InChI is InChI=1S/C32H27N3O3/c1-37-30-20-13-23(21-31(30)38-2)22-33-34-32(36)26-14-16-27(17-15-26)35-28(24-9-5-3-6-10-24)18-19-29(35)25-11-7-4-8-12-25/h3-22H,1-2H3,(H,34,36)/b33-22-. The molecule has 6 nitrogen and oxygen atoms in total. The molecule has 1 aromatic heterocycles. The van der Waals surface area contributed by atoms with Gasteiger partial charge < -0.3 is 14.0 Å². The predicted molar refractivity (Wildman–Crippen MR) is 151 cm³/mol. The van der Waals surface area contributed by atoms with Crippen LogP contribution in [0.25, 0.3) is 28.2 Å². The lowest BCUT2D eigenvalue weighted by Gasteiger charge is -2.15. The number of carbonyl (C=O) groups excluding carboxylic acids is 1. The first-order valence-corrected chi connectivity index (χ1v) is 12.2. The zero-order valence-electron chi connectivity index (χ0n) is 21.2. The Labute approximate surface area is 221 Å². The van der Waals surface area contributed by atoms with Gasteiger partial charge in [0.05, 0.1) is 31.8 Å². The Kier molecular flexibility index (Phi) is 7.32. The molecule has 1 N–H and O–H groups in total. The van der Waals surface area contributed by atoms with Crippen LogP contribution in [0.2, 0.25) is 0 Å². The monoisotopic (exact) mass is 501 g/mol. The minimum absolute atomic E-state index is 0.299. The van der Waals surface area contributed by atoms with Crippen molar-refractivity contribution in [3.63, 3.8) is 0 Å². The zero-order chi connectivity index (χ0) is 26.3. The van der Waals surface area contributed by atoms with Crippen LogP contribution in [0.4, 0.5) is 0 Å². The molecule has 0 aliphatic heterocycles. The van der Waals surface area contributed by atoms with Crippen LogP contribution < -0.4 is 14.9 Å². The zero-order valence-corrected chi connectivity index (χ0v) is 21.2. The van der Waals surface area contributed by atoms with Gasteiger partial charge in [-0.3, -0.25) is 4.79 Å². The largest absolute Gasteiger partial charge is 0.493 e. The number of carbonyl (C=O) groups is 1. The summed E-state index contributed by atoms with van der Waals surface area (Å²) in [6, 6.07) is 37.7. The highest BCUT2D eigenvalue weighted by Crippen LogP contribution is 2.32. The van der Waals surface area contributed by atoms with Crippen LogP contribution >= 0.6 is 0 Å². The van der Waals surface area contributed by atoms with E-state index >= 15 is 0 Å². The van der Waals surface area contributed by atoms with E-state index in [1.54, 1.807) is 44.7 Å². The van der Waals surface area contributed by atoms with Gasteiger partial charge >= 0.3 is 0 Å². The first-order chi connectivity index (χ1) is 18.7. The number of nitrogens with one attached hydrogen (secondary N) is 1. The van der Waals surface area contributed by atoms with Crippen LogP contribution in [0.15, 0.2) is 120 Å². The van der Waals surface area contributed by atoms with Crippen molar-refractivity contribution in [1.29, 1.82) is 0 Å². The first kappa shape index (κ1) is 24.6. The van der Waals surface area contributed by atoms with E-state index in [4.69, 9.17) is 9.47 Å². The molecule has 0 radical (unpaired) electrons. The molecule has 0 bridgehead atoms. The predicted octanol–water partition coefficient (Wildman–Crippen LogP) is 6.59. The summed E-state index contributed by atoms with van der Waals surface area (Å²) in [7, 11) is 3.15. The maximum absolute atomic E-state index is 12.8. The Morgan fingerprint density at radius 1 is 0.711 bits per heavy atom. The van der Waals surface area contributed by atoms with Gasteiger partial charge in [0.2, 0.25) is 0 Å². The lowest BCUT2D eigenvalue weighted by Crippen LogP contribution is -2.17. The minimum atomic E-state index is -0.299. The highest BCUT2D eigenvalue weighted by molar-refractivity contribution is 5.95. The second kappa shape index (κ2) is 11.3. The lowest BCUT2D eigenvalue weighted by molar-refractivity contribution is 0.0955. The van der Waals surface area contributed by atoms with Crippen molar-refractivity contribution in [2.75, 3.05) is 14.2 Å². The summed E-state index contributed by atoms with van der Waals surface area (Å²) in [6.07, 6.45) is 1.56. The molecule has 38 heavy (non-hydrogen) atoms. The fraction of sp³-hybridized carbons (Fsp3) is 0.0625. The molecule has 0 atom stereocenters. The molecule has 1 heterocycles. The van der Waals surface area contributed by atoms with E-state index in [1.807, 2.05) is 54.6 Å². The Hall–Kier alpha value is -5.10. The molecule has 0 aliphatic carbocycles. The summed E-state index contributed by atoms with van der Waals surface area (Å²) in [5, 5.41) is 4.10. The number of methoxy groups -OCH3 is 2. The molecule has 0 aliphatic rings. The fourth-order valence-electron chi connectivity index (χ4n) is 4.31. The second-order valence-corrected chi connectivity index (χ2v) is 8.53. The van der Waals surface area contributed by atoms with Crippen molar-refractivity contribution in [2.24, 2.45) is 5.10 Å². The molecule has 0 unspecified atom stereocenters. The van der Waals surface area contributed by atoms with E-state index in [2.05, 4.69) is 51.5 Å². The number of ether oxygens (including phenoxy) is 2. The van der Waals surface area contributed by atoms with Crippen LogP contribution in [0.5, 0.6) is 11.5 Å². The van der Waals surface area contributed by atoms with Crippen LogP contribution in [-0.4, -0.2) is 30.9 Å². The van der Waals surface area contributed by atoms with Gasteiger partial charge in [-0.05, 0) is 71.3 Å². The maximum Gasteiger partial charge on any atom is 0.271 e. The van der Waals surface area contributed by atoms with Crippen molar-refractivity contribution >= 4 is 12.1 Å². The van der Waals surface area contributed by atoms with E-state index in [9.17, 15) is 4.79 Å². The molecule has 5 rings (SSSR count). The number of aromatic nitrogens is 1. The average molecular weight is 502 g/mol. The number of hydrazone groups is 1. The molecule has 1 amide bonds. The summed E-state index contributed by atoms with van der Waals surface area (Å²) in [6.45, 7) is 0. The van der Waals surface area contributed by atoms with Crippen LogP contribution in [0, 0.1) is 0 Å². The average Bonchev–Trinajstić information content (AvgIpc) is 3.43. The van der Waals surface area contributed by atoms with E-state index in [1.165, 1.54) is 0 Å². The van der Waals surface area contributed by atoms with Gasteiger partial charge in [0.25, 0.3) is 5.91 Å². The molecular weight excluding hydrogens is 474 g/mol. The molecular formula is C32H27N3O3. The quantitative estimate of drug-likeness (QED) is 0.193. The van der Waals surface area contributed by atoms with E-state index in [-0.39, 0.29) is 5.91 Å². The summed E-state index contributed by atoms with van der Waals surface area (Å²) in [4.78, 5) is 12.8. The van der Waals surface area contributed by atoms with Gasteiger partial charge in [0.15, 0.2) is 11.5 Å². The van der Waals surface area contributed by atoms with Crippen molar-refractivity contribution in [2.45, 2.75) is 0 Å². The highest BCUT2D eigenvalue weighted by atomic mass is 16.5. The molecule has 0 spiro atoms. The molecule has 0 fully saturated rings. The van der Waals surface area contributed by atoms with Gasteiger partial charge in [-0.15, -0.1) is 0 Å². The summed E-state index contributed by atoms with van der Waals surface area (Å²) < 4.78 is 12.8.